The van der Waals surface area contributed by atoms with Crippen molar-refractivity contribution in [3.63, 3.8) is 0 Å². The fourth-order valence-electron chi connectivity index (χ4n) is 2.44. The van der Waals surface area contributed by atoms with Crippen LogP contribution in [0.1, 0.15) is 30.5 Å². The minimum atomic E-state index is -1.49. The maximum absolute atomic E-state index is 11.1. The Morgan fingerprint density at radius 2 is 1.85 bits per heavy atom. The molecule has 0 bridgehead atoms. The van der Waals surface area contributed by atoms with Crippen molar-refractivity contribution in [2.75, 3.05) is 7.11 Å². The number of hydrogen-bond acceptors (Lipinski definition) is 4. The number of phenolic OH excluding ortho intramolecular Hbond substituents is 1. The van der Waals surface area contributed by atoms with Crippen molar-refractivity contribution in [2.24, 2.45) is 0 Å². The molecule has 0 amide bonds. The average molecular weight is 354 g/mol. The van der Waals surface area contributed by atoms with Gasteiger partial charge in [0.15, 0.2) is 11.5 Å². The number of methoxy groups -OCH3 is 1. The van der Waals surface area contributed by atoms with E-state index >= 15 is 0 Å². The summed E-state index contributed by atoms with van der Waals surface area (Å²) in [6.45, 7) is 3.88. The fourth-order valence-corrected chi connectivity index (χ4v) is 2.44. The van der Waals surface area contributed by atoms with E-state index in [1.54, 1.807) is 18.2 Å². The van der Waals surface area contributed by atoms with Crippen molar-refractivity contribution in [2.45, 2.75) is 20.3 Å². The standard InChI is InChI=1S/C21H22O5/c1-14(2)9-12-17-18(25-3)13-16(20(19(17)22)26-21(23)24)11-10-15-7-5-4-6-8-15/h4-11,13,22H,12H2,1-3H3,(H,23,24). The first-order valence-corrected chi connectivity index (χ1v) is 8.12. The number of rotatable bonds is 6. The minimum Gasteiger partial charge on any atom is -0.504 e. The normalized spacial score (nSPS) is 10.6. The molecule has 5 nitrogen and oxygen atoms in total. The highest BCUT2D eigenvalue weighted by molar-refractivity contribution is 5.78. The van der Waals surface area contributed by atoms with Crippen LogP contribution in [-0.4, -0.2) is 23.5 Å². The number of carbonyl (C=O) groups is 1. The van der Waals surface area contributed by atoms with Crippen molar-refractivity contribution in [3.8, 4) is 17.2 Å². The monoisotopic (exact) mass is 354 g/mol. The number of carboxylic acid groups (broad SMARTS) is 1. The lowest BCUT2D eigenvalue weighted by Crippen LogP contribution is -2.06. The molecular weight excluding hydrogens is 332 g/mol. The summed E-state index contributed by atoms with van der Waals surface area (Å²) >= 11 is 0. The van der Waals surface area contributed by atoms with Gasteiger partial charge in [0.25, 0.3) is 0 Å². The SMILES string of the molecule is COc1cc(C=Cc2ccccc2)c(OC(=O)O)c(O)c1CC=C(C)C. The third kappa shape index (κ3) is 4.89. The molecule has 26 heavy (non-hydrogen) atoms. The van der Waals surface area contributed by atoms with Gasteiger partial charge in [-0.25, -0.2) is 4.79 Å². The van der Waals surface area contributed by atoms with E-state index in [0.29, 0.717) is 23.3 Å². The maximum Gasteiger partial charge on any atom is 0.511 e. The first kappa shape index (κ1) is 19.1. The van der Waals surface area contributed by atoms with Crippen LogP contribution in [0, 0.1) is 0 Å². The van der Waals surface area contributed by atoms with Gasteiger partial charge < -0.3 is 19.7 Å². The molecule has 0 fully saturated rings. The molecule has 0 saturated carbocycles. The molecule has 2 rings (SSSR count). The summed E-state index contributed by atoms with van der Waals surface area (Å²) in [4.78, 5) is 11.1. The van der Waals surface area contributed by atoms with Gasteiger partial charge in [0.05, 0.1) is 7.11 Å². The van der Waals surface area contributed by atoms with Crippen LogP contribution < -0.4 is 9.47 Å². The van der Waals surface area contributed by atoms with E-state index in [4.69, 9.17) is 14.6 Å². The lowest BCUT2D eigenvalue weighted by molar-refractivity contribution is 0.142. The summed E-state index contributed by atoms with van der Waals surface area (Å²) < 4.78 is 10.2. The zero-order chi connectivity index (χ0) is 19.1. The molecule has 0 heterocycles. The lowest BCUT2D eigenvalue weighted by atomic mass is 10.0. The largest absolute Gasteiger partial charge is 0.511 e. The highest BCUT2D eigenvalue weighted by Crippen LogP contribution is 2.41. The topological polar surface area (TPSA) is 76.0 Å². The zero-order valence-corrected chi connectivity index (χ0v) is 15.0. The summed E-state index contributed by atoms with van der Waals surface area (Å²) in [6.07, 6.45) is 4.31. The van der Waals surface area contributed by atoms with Gasteiger partial charge in [0.2, 0.25) is 0 Å². The van der Waals surface area contributed by atoms with E-state index in [1.807, 2.05) is 50.3 Å². The molecule has 0 radical (unpaired) electrons. The molecule has 2 N–H and O–H groups in total. The highest BCUT2D eigenvalue weighted by Gasteiger charge is 2.20. The van der Waals surface area contributed by atoms with Crippen LogP contribution in [0.4, 0.5) is 4.79 Å². The lowest BCUT2D eigenvalue weighted by Gasteiger charge is -2.15. The Bertz CT molecular complexity index is 831. The van der Waals surface area contributed by atoms with E-state index in [-0.39, 0.29) is 11.5 Å². The molecule has 0 atom stereocenters. The van der Waals surface area contributed by atoms with Crippen molar-refractivity contribution < 1.29 is 24.5 Å². The number of aromatic hydroxyl groups is 1. The molecule has 2 aromatic rings. The number of phenols is 1. The molecular formula is C21H22O5. The predicted octanol–water partition coefficient (Wildman–Crippen LogP) is 5.14. The van der Waals surface area contributed by atoms with Crippen LogP contribution in [0.25, 0.3) is 12.2 Å². The molecule has 0 aliphatic heterocycles. The Morgan fingerprint density at radius 1 is 1.15 bits per heavy atom. The number of hydrogen-bond donors (Lipinski definition) is 2. The van der Waals surface area contributed by atoms with Crippen molar-refractivity contribution in [1.82, 2.24) is 0 Å². The second-order valence-electron chi connectivity index (χ2n) is 5.92. The Balaban J connectivity index is 2.55. The van der Waals surface area contributed by atoms with Gasteiger partial charge in [-0.05, 0) is 31.9 Å². The van der Waals surface area contributed by atoms with Gasteiger partial charge >= 0.3 is 6.16 Å². The molecule has 0 spiro atoms. The van der Waals surface area contributed by atoms with E-state index in [1.165, 1.54) is 7.11 Å². The summed E-state index contributed by atoms with van der Waals surface area (Å²) in [5.41, 5.74) is 2.88. The van der Waals surface area contributed by atoms with Crippen molar-refractivity contribution in [1.29, 1.82) is 0 Å². The van der Waals surface area contributed by atoms with Crippen LogP contribution in [0.5, 0.6) is 17.2 Å². The molecule has 0 aromatic heterocycles. The highest BCUT2D eigenvalue weighted by atomic mass is 16.7. The van der Waals surface area contributed by atoms with Crippen LogP contribution >= 0.6 is 0 Å². The quantitative estimate of drug-likeness (QED) is 0.325. The molecule has 5 heteroatoms. The maximum atomic E-state index is 11.1. The van der Waals surface area contributed by atoms with Crippen LogP contribution in [0.15, 0.2) is 48.0 Å². The van der Waals surface area contributed by atoms with Crippen LogP contribution in [0.2, 0.25) is 0 Å². The summed E-state index contributed by atoms with van der Waals surface area (Å²) in [5, 5.41) is 19.6. The minimum absolute atomic E-state index is 0.109. The number of allylic oxidation sites excluding steroid dienone is 2. The molecule has 2 aromatic carbocycles. The summed E-state index contributed by atoms with van der Waals surface area (Å²) in [7, 11) is 1.50. The summed E-state index contributed by atoms with van der Waals surface area (Å²) in [5.74, 6) is 0.116. The third-order valence-corrected chi connectivity index (χ3v) is 3.73. The van der Waals surface area contributed by atoms with Crippen LogP contribution in [-0.2, 0) is 6.42 Å². The van der Waals surface area contributed by atoms with Crippen LogP contribution in [0.3, 0.4) is 0 Å². The Labute approximate surface area is 152 Å². The fraction of sp³-hybridized carbons (Fsp3) is 0.190. The van der Waals surface area contributed by atoms with Gasteiger partial charge in [0.1, 0.15) is 5.75 Å². The molecule has 0 unspecified atom stereocenters. The Hall–Kier alpha value is -3.21. The Morgan fingerprint density at radius 3 is 2.42 bits per heavy atom. The molecule has 136 valence electrons. The molecule has 0 aliphatic carbocycles. The van der Waals surface area contributed by atoms with Gasteiger partial charge in [-0.3, -0.25) is 0 Å². The van der Waals surface area contributed by atoms with E-state index in [0.717, 1.165) is 11.1 Å². The van der Waals surface area contributed by atoms with E-state index in [2.05, 4.69) is 0 Å². The second kappa shape index (κ2) is 8.76. The van der Waals surface area contributed by atoms with Gasteiger partial charge in [-0.2, -0.15) is 0 Å². The van der Waals surface area contributed by atoms with Crippen molar-refractivity contribution >= 4 is 18.3 Å². The van der Waals surface area contributed by atoms with Gasteiger partial charge in [-0.15, -0.1) is 0 Å². The first-order chi connectivity index (χ1) is 12.4. The summed E-state index contributed by atoms with van der Waals surface area (Å²) in [6, 6.07) is 11.2. The third-order valence-electron chi connectivity index (χ3n) is 3.73. The van der Waals surface area contributed by atoms with Gasteiger partial charge in [0, 0.05) is 11.1 Å². The first-order valence-electron chi connectivity index (χ1n) is 8.12. The number of ether oxygens (including phenoxy) is 2. The Kier molecular flexibility index (Phi) is 6.44. The van der Waals surface area contributed by atoms with Crippen molar-refractivity contribution in [3.05, 3.63) is 64.7 Å². The smallest absolute Gasteiger partial charge is 0.504 e. The average Bonchev–Trinajstić information content (AvgIpc) is 2.61. The number of benzene rings is 2. The molecule has 0 saturated heterocycles. The predicted molar refractivity (Wildman–Crippen MR) is 102 cm³/mol. The zero-order valence-electron chi connectivity index (χ0n) is 15.0. The van der Waals surface area contributed by atoms with E-state index < -0.39 is 6.16 Å². The molecule has 0 aliphatic rings. The van der Waals surface area contributed by atoms with Gasteiger partial charge in [-0.1, -0.05) is 54.1 Å². The second-order valence-corrected chi connectivity index (χ2v) is 5.92. The van der Waals surface area contributed by atoms with E-state index in [9.17, 15) is 9.90 Å².